The summed E-state index contributed by atoms with van der Waals surface area (Å²) in [5.41, 5.74) is 0.244. The minimum Gasteiger partial charge on any atom is -0.381 e. The molecule has 1 spiro atoms. The topological polar surface area (TPSA) is 50.8 Å². The Morgan fingerprint density at radius 1 is 1.37 bits per heavy atom. The van der Waals surface area contributed by atoms with Crippen molar-refractivity contribution in [3.63, 3.8) is 0 Å². The van der Waals surface area contributed by atoms with Gasteiger partial charge in [0.25, 0.3) is 0 Å². The highest BCUT2D eigenvalue weighted by atomic mass is 35.5. The Bertz CT molecular complexity index is 334. The molecule has 3 rings (SSSR count). The van der Waals surface area contributed by atoms with Crippen molar-refractivity contribution < 1.29 is 14.3 Å². The largest absolute Gasteiger partial charge is 0.381 e. The zero-order valence-electron chi connectivity index (χ0n) is 11.4. The van der Waals surface area contributed by atoms with Crippen molar-refractivity contribution in [3.05, 3.63) is 0 Å². The molecule has 0 aromatic carbocycles. The number of hydrogen-bond acceptors (Lipinski definition) is 4. The van der Waals surface area contributed by atoms with E-state index in [1.54, 1.807) is 0 Å². The summed E-state index contributed by atoms with van der Waals surface area (Å²) in [7, 11) is 0. The first kappa shape index (κ1) is 15.0. The summed E-state index contributed by atoms with van der Waals surface area (Å²) in [6.45, 7) is 6.83. The molecule has 1 amide bonds. The van der Waals surface area contributed by atoms with Crippen LogP contribution in [0.25, 0.3) is 0 Å². The Balaban J connectivity index is 0.00000133. The van der Waals surface area contributed by atoms with E-state index >= 15 is 0 Å². The van der Waals surface area contributed by atoms with E-state index in [1.807, 2.05) is 11.8 Å². The Kier molecular flexibility index (Phi) is 4.71. The van der Waals surface area contributed by atoms with Gasteiger partial charge in [-0.3, -0.25) is 4.79 Å². The van der Waals surface area contributed by atoms with E-state index in [1.165, 1.54) is 0 Å². The van der Waals surface area contributed by atoms with Gasteiger partial charge in [0.2, 0.25) is 5.91 Å². The molecule has 0 aromatic heterocycles. The summed E-state index contributed by atoms with van der Waals surface area (Å²) in [5.74, 6) is 0.200. The Morgan fingerprint density at radius 3 is 2.89 bits per heavy atom. The molecule has 3 fully saturated rings. The minimum atomic E-state index is -0.170. The molecule has 3 aliphatic rings. The summed E-state index contributed by atoms with van der Waals surface area (Å²) in [4.78, 5) is 14.5. The van der Waals surface area contributed by atoms with Crippen LogP contribution < -0.4 is 5.32 Å². The van der Waals surface area contributed by atoms with Crippen LogP contribution in [0.3, 0.4) is 0 Å². The van der Waals surface area contributed by atoms with Gasteiger partial charge in [-0.2, -0.15) is 0 Å². The zero-order valence-corrected chi connectivity index (χ0v) is 12.2. The van der Waals surface area contributed by atoms with Crippen LogP contribution in [0.15, 0.2) is 0 Å². The van der Waals surface area contributed by atoms with E-state index in [0.29, 0.717) is 6.61 Å². The second kappa shape index (κ2) is 5.95. The second-order valence-corrected chi connectivity index (χ2v) is 5.82. The van der Waals surface area contributed by atoms with Gasteiger partial charge in [0, 0.05) is 31.7 Å². The summed E-state index contributed by atoms with van der Waals surface area (Å²) in [6, 6.07) is -0.170. The monoisotopic (exact) mass is 290 g/mol. The fourth-order valence-electron chi connectivity index (χ4n) is 3.30. The molecular weight excluding hydrogens is 268 g/mol. The maximum absolute atomic E-state index is 12.5. The number of nitrogens with one attached hydrogen (secondary N) is 1. The van der Waals surface area contributed by atoms with Crippen LogP contribution in [0.1, 0.15) is 19.8 Å². The number of carbonyl (C=O) groups is 1. The van der Waals surface area contributed by atoms with Gasteiger partial charge >= 0.3 is 0 Å². The van der Waals surface area contributed by atoms with E-state index in [2.05, 4.69) is 5.32 Å². The molecular formula is C13H23ClN2O3. The van der Waals surface area contributed by atoms with Gasteiger partial charge in [-0.05, 0) is 19.8 Å². The normalized spacial score (nSPS) is 38.5. The highest BCUT2D eigenvalue weighted by Crippen LogP contribution is 2.38. The number of hydrogen-bond donors (Lipinski definition) is 1. The molecule has 3 atom stereocenters. The van der Waals surface area contributed by atoms with E-state index in [0.717, 1.165) is 45.7 Å². The number of halogens is 1. The molecule has 0 bridgehead atoms. The number of ether oxygens (including phenoxy) is 2. The number of amides is 1. The van der Waals surface area contributed by atoms with Crippen molar-refractivity contribution >= 4 is 18.3 Å². The molecule has 0 aliphatic carbocycles. The second-order valence-electron chi connectivity index (χ2n) is 5.82. The van der Waals surface area contributed by atoms with Gasteiger partial charge in [0.15, 0.2) is 0 Å². The average Bonchev–Trinajstić information content (AvgIpc) is 3.00. The van der Waals surface area contributed by atoms with Crippen molar-refractivity contribution in [2.75, 3.05) is 39.5 Å². The van der Waals surface area contributed by atoms with Crippen LogP contribution in [0, 0.1) is 5.41 Å². The molecule has 1 unspecified atom stereocenters. The van der Waals surface area contributed by atoms with E-state index in [-0.39, 0.29) is 35.9 Å². The molecule has 3 saturated heterocycles. The average molecular weight is 291 g/mol. The Labute approximate surface area is 120 Å². The van der Waals surface area contributed by atoms with Crippen LogP contribution in [0.2, 0.25) is 0 Å². The molecule has 110 valence electrons. The highest BCUT2D eigenvalue weighted by Gasteiger charge is 2.44. The zero-order chi connectivity index (χ0) is 12.6. The van der Waals surface area contributed by atoms with Crippen LogP contribution in [-0.2, 0) is 14.3 Å². The molecule has 19 heavy (non-hydrogen) atoms. The first-order valence-corrected chi connectivity index (χ1v) is 6.92. The fourth-order valence-corrected chi connectivity index (χ4v) is 3.30. The first-order valence-electron chi connectivity index (χ1n) is 6.92. The van der Waals surface area contributed by atoms with Crippen molar-refractivity contribution in [3.8, 4) is 0 Å². The Morgan fingerprint density at radius 2 is 2.21 bits per heavy atom. The maximum Gasteiger partial charge on any atom is 0.242 e. The lowest BCUT2D eigenvalue weighted by Gasteiger charge is -2.32. The quantitative estimate of drug-likeness (QED) is 0.761. The third-order valence-corrected chi connectivity index (χ3v) is 4.52. The van der Waals surface area contributed by atoms with E-state index in [9.17, 15) is 4.79 Å². The summed E-state index contributed by atoms with van der Waals surface area (Å²) in [6.07, 6.45) is 2.16. The minimum absolute atomic E-state index is 0. The lowest BCUT2D eigenvalue weighted by Crippen LogP contribution is -2.56. The molecule has 0 aromatic rings. The smallest absolute Gasteiger partial charge is 0.242 e. The van der Waals surface area contributed by atoms with Crippen LogP contribution in [-0.4, -0.2) is 62.4 Å². The van der Waals surface area contributed by atoms with E-state index < -0.39 is 0 Å². The number of nitrogens with zero attached hydrogens (tertiary/aromatic N) is 1. The molecule has 0 saturated carbocycles. The van der Waals surface area contributed by atoms with Gasteiger partial charge in [0.05, 0.1) is 19.3 Å². The third kappa shape index (κ3) is 2.89. The molecule has 5 nitrogen and oxygen atoms in total. The van der Waals surface area contributed by atoms with Crippen molar-refractivity contribution in [2.24, 2.45) is 5.41 Å². The van der Waals surface area contributed by atoms with Crippen LogP contribution >= 0.6 is 12.4 Å². The highest BCUT2D eigenvalue weighted by molar-refractivity contribution is 5.85. The van der Waals surface area contributed by atoms with Gasteiger partial charge in [-0.1, -0.05) is 0 Å². The molecule has 3 heterocycles. The molecule has 1 N–H and O–H groups in total. The summed E-state index contributed by atoms with van der Waals surface area (Å²) >= 11 is 0. The Hall–Kier alpha value is -0.360. The van der Waals surface area contributed by atoms with Gasteiger partial charge in [0.1, 0.15) is 6.04 Å². The van der Waals surface area contributed by atoms with Gasteiger partial charge in [-0.15, -0.1) is 12.4 Å². The number of likely N-dealkylation sites (tertiary alicyclic amines) is 1. The SMILES string of the molecule is C[C@H]1OCCN[C@@H]1C(=O)N1CCC2(CCOC2)C1.Cl. The lowest BCUT2D eigenvalue weighted by molar-refractivity contribution is -0.138. The third-order valence-electron chi connectivity index (χ3n) is 4.52. The van der Waals surface area contributed by atoms with Crippen LogP contribution in [0.5, 0.6) is 0 Å². The fraction of sp³-hybridized carbons (Fsp3) is 0.923. The first-order chi connectivity index (χ1) is 8.70. The summed E-state index contributed by atoms with van der Waals surface area (Å²) < 4.78 is 11.1. The van der Waals surface area contributed by atoms with Crippen molar-refractivity contribution in [1.82, 2.24) is 10.2 Å². The number of rotatable bonds is 1. The predicted octanol–water partition coefficient (Wildman–Crippen LogP) is 0.424. The van der Waals surface area contributed by atoms with Crippen molar-refractivity contribution in [2.45, 2.75) is 31.9 Å². The lowest BCUT2D eigenvalue weighted by atomic mass is 9.87. The molecule has 3 aliphatic heterocycles. The molecule has 0 radical (unpaired) electrons. The van der Waals surface area contributed by atoms with E-state index in [4.69, 9.17) is 9.47 Å². The van der Waals surface area contributed by atoms with Crippen LogP contribution in [0.4, 0.5) is 0 Å². The molecule has 6 heteroatoms. The maximum atomic E-state index is 12.5. The standard InChI is InChI=1S/C13H22N2O3.ClH/c1-10-11(14-4-7-18-10)12(16)15-5-2-13(8-15)3-6-17-9-13;/h10-11,14H,2-9H2,1H3;1H/t10-,11+,13?;/m1./s1. The van der Waals surface area contributed by atoms with Gasteiger partial charge in [-0.25, -0.2) is 0 Å². The predicted molar refractivity (Wildman–Crippen MR) is 73.5 cm³/mol. The number of morpholine rings is 1. The summed E-state index contributed by atoms with van der Waals surface area (Å²) in [5, 5.41) is 3.28. The van der Waals surface area contributed by atoms with Gasteiger partial charge < -0.3 is 19.7 Å². The number of carbonyl (C=O) groups excluding carboxylic acids is 1. The van der Waals surface area contributed by atoms with Crippen molar-refractivity contribution in [1.29, 1.82) is 0 Å².